The minimum Gasteiger partial charge on any atom is -0.262 e. The Morgan fingerprint density at radius 3 is 3.31 bits per heavy atom. The molecule has 3 heterocycles. The van der Waals surface area contributed by atoms with Gasteiger partial charge in [-0.3, -0.25) is 4.98 Å². The van der Waals surface area contributed by atoms with Crippen LogP contribution in [0.4, 0.5) is 0 Å². The lowest BCUT2D eigenvalue weighted by atomic mass is 10.1. The van der Waals surface area contributed by atoms with Gasteiger partial charge < -0.3 is 0 Å². The molecule has 13 heavy (non-hydrogen) atoms. The van der Waals surface area contributed by atoms with Crippen LogP contribution in [0.15, 0.2) is 31.1 Å². The van der Waals surface area contributed by atoms with Crippen LogP contribution in [-0.4, -0.2) is 14.6 Å². The van der Waals surface area contributed by atoms with Crippen LogP contribution in [0.2, 0.25) is 0 Å². The van der Waals surface area contributed by atoms with Crippen molar-refractivity contribution >= 4 is 0 Å². The average molecular weight is 173 g/mol. The van der Waals surface area contributed by atoms with Crippen LogP contribution in [0.1, 0.15) is 18.5 Å². The monoisotopic (exact) mass is 173 g/mol. The molecule has 4 nitrogen and oxygen atoms in total. The molecule has 1 aliphatic heterocycles. The Morgan fingerprint density at radius 2 is 2.38 bits per heavy atom. The third-order valence-electron chi connectivity index (χ3n) is 2.54. The van der Waals surface area contributed by atoms with Gasteiger partial charge in [-0.05, 0) is 18.0 Å². The van der Waals surface area contributed by atoms with E-state index < -0.39 is 0 Å². The van der Waals surface area contributed by atoms with Crippen molar-refractivity contribution in [3.05, 3.63) is 36.7 Å². The van der Waals surface area contributed by atoms with Crippen molar-refractivity contribution in [2.45, 2.75) is 13.0 Å². The first-order valence-corrected chi connectivity index (χ1v) is 4.26. The average Bonchev–Trinajstić information content (AvgIpc) is 2.72. The van der Waals surface area contributed by atoms with Gasteiger partial charge in [-0.25, -0.2) is 0 Å². The van der Waals surface area contributed by atoms with Crippen molar-refractivity contribution in [1.82, 2.24) is 14.6 Å². The Kier molecular flexibility index (Phi) is 1.12. The van der Waals surface area contributed by atoms with E-state index in [9.17, 15) is 0 Å². The number of hydrogen-bond acceptors (Lipinski definition) is 2. The largest absolute Gasteiger partial charge is 0.307 e. The molecule has 1 unspecified atom stereocenters. The van der Waals surface area contributed by atoms with Crippen LogP contribution >= 0.6 is 0 Å². The van der Waals surface area contributed by atoms with E-state index in [-0.39, 0.29) is 0 Å². The van der Waals surface area contributed by atoms with Gasteiger partial charge in [0, 0.05) is 11.8 Å². The first-order valence-electron chi connectivity index (χ1n) is 4.26. The first-order chi connectivity index (χ1) is 6.38. The van der Waals surface area contributed by atoms with Gasteiger partial charge in [-0.2, -0.15) is 0 Å². The number of nitrogens with zero attached hydrogens (tertiary/aromatic N) is 4. The van der Waals surface area contributed by atoms with E-state index in [4.69, 9.17) is 0 Å². The Balaban J connectivity index is 2.37. The van der Waals surface area contributed by atoms with E-state index in [1.54, 1.807) is 0 Å². The molecule has 1 aliphatic rings. The molecular formula is C9H9N4+. The van der Waals surface area contributed by atoms with Crippen molar-refractivity contribution < 1.29 is 4.68 Å². The molecule has 2 aromatic rings. The molecule has 1 atom stereocenters. The molecule has 0 saturated carbocycles. The molecule has 0 fully saturated rings. The summed E-state index contributed by atoms with van der Waals surface area (Å²) in [6.45, 7) is 2.16. The smallest absolute Gasteiger partial charge is 0.262 e. The van der Waals surface area contributed by atoms with Gasteiger partial charge in [-0.15, -0.1) is 9.36 Å². The zero-order valence-corrected chi connectivity index (χ0v) is 7.25. The minimum absolute atomic E-state index is 0.362. The number of aromatic nitrogens is 4. The molecule has 0 spiro atoms. The second-order valence-electron chi connectivity index (χ2n) is 3.22. The fourth-order valence-corrected chi connectivity index (χ4v) is 1.83. The highest BCUT2D eigenvalue weighted by atomic mass is 15.5. The molecule has 0 bridgehead atoms. The van der Waals surface area contributed by atoms with E-state index in [1.807, 2.05) is 29.7 Å². The van der Waals surface area contributed by atoms with Gasteiger partial charge in [0.15, 0.2) is 0 Å². The molecule has 0 saturated heterocycles. The highest BCUT2D eigenvalue weighted by Gasteiger charge is 2.29. The molecule has 0 radical (unpaired) electrons. The zero-order valence-electron chi connectivity index (χ0n) is 7.25. The summed E-state index contributed by atoms with van der Waals surface area (Å²) in [5.41, 5.74) is 2.44. The van der Waals surface area contributed by atoms with Crippen molar-refractivity contribution in [3.8, 4) is 5.69 Å². The van der Waals surface area contributed by atoms with Gasteiger partial charge >= 0.3 is 6.33 Å². The third-order valence-corrected chi connectivity index (χ3v) is 2.54. The number of pyridine rings is 1. The summed E-state index contributed by atoms with van der Waals surface area (Å²) in [4.78, 5) is 8.20. The van der Waals surface area contributed by atoms with Crippen LogP contribution in [0, 0.1) is 0 Å². The molecule has 3 rings (SSSR count). The summed E-state index contributed by atoms with van der Waals surface area (Å²) >= 11 is 0. The molecule has 0 aliphatic carbocycles. The number of rotatable bonds is 0. The summed E-state index contributed by atoms with van der Waals surface area (Å²) in [5, 5.41) is 0. The van der Waals surface area contributed by atoms with E-state index in [1.165, 1.54) is 5.56 Å². The molecule has 0 N–H and O–H groups in total. The normalized spacial score (nSPS) is 18.4. The fourth-order valence-electron chi connectivity index (χ4n) is 1.83. The highest BCUT2D eigenvalue weighted by molar-refractivity contribution is 5.39. The van der Waals surface area contributed by atoms with Gasteiger partial charge in [0.1, 0.15) is 11.7 Å². The maximum absolute atomic E-state index is 4.11. The van der Waals surface area contributed by atoms with Crippen LogP contribution in [0.25, 0.3) is 5.69 Å². The van der Waals surface area contributed by atoms with Crippen LogP contribution < -0.4 is 4.68 Å². The highest BCUT2D eigenvalue weighted by Crippen LogP contribution is 2.23. The third kappa shape index (κ3) is 0.722. The molecule has 0 amide bonds. The van der Waals surface area contributed by atoms with Crippen molar-refractivity contribution in [3.63, 3.8) is 0 Å². The number of fused-ring (bicyclic) bond motifs is 3. The maximum atomic E-state index is 4.11. The summed E-state index contributed by atoms with van der Waals surface area (Å²) in [6.07, 6.45) is 7.35. The van der Waals surface area contributed by atoms with Crippen molar-refractivity contribution in [1.29, 1.82) is 0 Å². The molecule has 4 heteroatoms. The van der Waals surface area contributed by atoms with Crippen LogP contribution in [-0.2, 0) is 0 Å². The zero-order chi connectivity index (χ0) is 8.84. The summed E-state index contributed by atoms with van der Waals surface area (Å²) in [5.74, 6) is 0. The molecule has 0 aromatic carbocycles. The lowest BCUT2D eigenvalue weighted by Gasteiger charge is -1.97. The van der Waals surface area contributed by atoms with Crippen LogP contribution in [0.3, 0.4) is 0 Å². The molecular weight excluding hydrogens is 164 g/mol. The topological polar surface area (TPSA) is 34.6 Å². The lowest BCUT2D eigenvalue weighted by Crippen LogP contribution is -2.39. The maximum Gasteiger partial charge on any atom is 0.307 e. The van der Waals surface area contributed by atoms with E-state index >= 15 is 0 Å². The van der Waals surface area contributed by atoms with E-state index in [0.717, 1.165) is 5.69 Å². The van der Waals surface area contributed by atoms with Gasteiger partial charge in [0.2, 0.25) is 6.33 Å². The Labute approximate surface area is 75.5 Å². The summed E-state index contributed by atoms with van der Waals surface area (Å²) in [6, 6.07) is 2.42. The standard InChI is InChI=1S/C9H9N4/c1-7-8-2-3-10-4-9(8)13-6-11-5-12(7)13/h2-7H,1H3/q+1. The molecule has 64 valence electrons. The second-order valence-corrected chi connectivity index (χ2v) is 3.22. The van der Waals surface area contributed by atoms with Crippen LogP contribution in [0.5, 0.6) is 0 Å². The SMILES string of the molecule is CC1c2ccncc2-n2cnc[n+]21. The fraction of sp³-hybridized carbons (Fsp3) is 0.222. The quantitative estimate of drug-likeness (QED) is 0.543. The van der Waals surface area contributed by atoms with E-state index in [2.05, 4.69) is 27.6 Å². The summed E-state index contributed by atoms with van der Waals surface area (Å²) in [7, 11) is 0. The predicted octanol–water partition coefficient (Wildman–Crippen LogP) is 0.477. The molecule has 2 aromatic heterocycles. The van der Waals surface area contributed by atoms with Gasteiger partial charge in [-0.1, -0.05) is 0 Å². The Hall–Kier alpha value is -1.71. The van der Waals surface area contributed by atoms with Gasteiger partial charge in [0.05, 0.1) is 6.20 Å². The lowest BCUT2D eigenvalue weighted by molar-refractivity contribution is -0.771. The Morgan fingerprint density at radius 1 is 1.46 bits per heavy atom. The van der Waals surface area contributed by atoms with Crippen molar-refractivity contribution in [2.24, 2.45) is 0 Å². The summed E-state index contributed by atoms with van der Waals surface area (Å²) < 4.78 is 4.11. The number of hydrogen-bond donors (Lipinski definition) is 0. The first kappa shape index (κ1) is 6.77. The van der Waals surface area contributed by atoms with E-state index in [0.29, 0.717) is 6.04 Å². The van der Waals surface area contributed by atoms with Crippen molar-refractivity contribution in [2.75, 3.05) is 0 Å². The van der Waals surface area contributed by atoms with Gasteiger partial charge in [0.25, 0.3) is 0 Å². The Bertz CT molecular complexity index is 460. The second kappa shape index (κ2) is 2.16. The predicted molar refractivity (Wildman–Crippen MR) is 45.4 cm³/mol. The minimum atomic E-state index is 0.362.